The summed E-state index contributed by atoms with van der Waals surface area (Å²) in [5.41, 5.74) is 1.35. The Morgan fingerprint density at radius 3 is 2.71 bits per heavy atom. The topological polar surface area (TPSA) is 35.5 Å². The van der Waals surface area contributed by atoms with E-state index in [9.17, 15) is 4.79 Å². The van der Waals surface area contributed by atoms with Crippen molar-refractivity contribution in [1.82, 2.24) is 0 Å². The van der Waals surface area contributed by atoms with Crippen LogP contribution in [0.25, 0.3) is 0 Å². The van der Waals surface area contributed by atoms with Crippen molar-refractivity contribution < 1.29 is 14.3 Å². The van der Waals surface area contributed by atoms with Crippen molar-refractivity contribution >= 4 is 21.9 Å². The molecule has 0 aliphatic rings. The van der Waals surface area contributed by atoms with Crippen LogP contribution in [0.1, 0.15) is 15.9 Å². The highest BCUT2D eigenvalue weighted by molar-refractivity contribution is 9.10. The van der Waals surface area contributed by atoms with Gasteiger partial charge < -0.3 is 9.47 Å². The number of hydrogen-bond donors (Lipinski definition) is 0. The molecule has 0 spiro atoms. The summed E-state index contributed by atoms with van der Waals surface area (Å²) in [5.74, 6) is -0.343. The van der Waals surface area contributed by atoms with Crippen LogP contribution in [0.15, 0.2) is 22.7 Å². The zero-order chi connectivity index (χ0) is 10.6. The fourth-order valence-electron chi connectivity index (χ4n) is 1.15. The third-order valence-corrected chi connectivity index (χ3v) is 2.27. The molecule has 1 rings (SSSR count). The number of halogens is 1. The molecule has 0 aliphatic carbocycles. The summed E-state index contributed by atoms with van der Waals surface area (Å²) in [6.07, 6.45) is 0. The number of ether oxygens (including phenoxy) is 2. The second-order valence-electron chi connectivity index (χ2n) is 2.73. The molecule has 0 fully saturated rings. The van der Waals surface area contributed by atoms with E-state index in [2.05, 4.69) is 20.7 Å². The monoisotopic (exact) mass is 258 g/mol. The van der Waals surface area contributed by atoms with E-state index in [1.165, 1.54) is 7.11 Å². The summed E-state index contributed by atoms with van der Waals surface area (Å²) < 4.78 is 10.6. The molecule has 0 saturated heterocycles. The summed E-state index contributed by atoms with van der Waals surface area (Å²) in [4.78, 5) is 11.3. The lowest BCUT2D eigenvalue weighted by molar-refractivity contribution is 0.0596. The van der Waals surface area contributed by atoms with Gasteiger partial charge in [-0.1, -0.05) is 15.9 Å². The molecule has 0 N–H and O–H groups in total. The molecule has 0 aliphatic heterocycles. The van der Waals surface area contributed by atoms with Crippen LogP contribution in [0.3, 0.4) is 0 Å². The largest absolute Gasteiger partial charge is 0.465 e. The first-order valence-corrected chi connectivity index (χ1v) is 4.84. The maximum atomic E-state index is 11.3. The van der Waals surface area contributed by atoms with Gasteiger partial charge in [0, 0.05) is 11.6 Å². The van der Waals surface area contributed by atoms with Gasteiger partial charge >= 0.3 is 5.97 Å². The van der Waals surface area contributed by atoms with E-state index in [0.29, 0.717) is 12.2 Å². The first-order chi connectivity index (χ1) is 6.69. The van der Waals surface area contributed by atoms with Crippen LogP contribution in [-0.4, -0.2) is 20.2 Å². The molecular weight excluding hydrogens is 248 g/mol. The molecule has 0 amide bonds. The van der Waals surface area contributed by atoms with Crippen molar-refractivity contribution in [3.8, 4) is 0 Å². The molecule has 1 aromatic carbocycles. The van der Waals surface area contributed by atoms with Crippen LogP contribution < -0.4 is 0 Å². The molecule has 0 bridgehead atoms. The third-order valence-electron chi connectivity index (χ3n) is 1.77. The molecule has 0 unspecified atom stereocenters. The van der Waals surface area contributed by atoms with Crippen molar-refractivity contribution in [2.24, 2.45) is 0 Å². The van der Waals surface area contributed by atoms with Crippen molar-refractivity contribution in [3.05, 3.63) is 33.8 Å². The fraction of sp³-hybridized carbons (Fsp3) is 0.300. The maximum absolute atomic E-state index is 11.3. The average molecular weight is 259 g/mol. The summed E-state index contributed by atoms with van der Waals surface area (Å²) in [7, 11) is 2.95. The number of hydrogen-bond acceptors (Lipinski definition) is 3. The number of methoxy groups -OCH3 is 2. The molecule has 0 aromatic heterocycles. The van der Waals surface area contributed by atoms with Gasteiger partial charge in [0.25, 0.3) is 0 Å². The highest BCUT2D eigenvalue weighted by atomic mass is 79.9. The van der Waals surface area contributed by atoms with Gasteiger partial charge in [0.1, 0.15) is 0 Å². The smallest absolute Gasteiger partial charge is 0.338 e. The predicted octanol–water partition coefficient (Wildman–Crippen LogP) is 2.38. The van der Waals surface area contributed by atoms with E-state index < -0.39 is 0 Å². The Balaban J connectivity index is 3.07. The quantitative estimate of drug-likeness (QED) is 0.782. The van der Waals surface area contributed by atoms with Gasteiger partial charge in [0.15, 0.2) is 0 Å². The van der Waals surface area contributed by atoms with E-state index in [1.54, 1.807) is 19.2 Å². The molecule has 76 valence electrons. The Labute approximate surface area is 91.1 Å². The van der Waals surface area contributed by atoms with E-state index in [1.807, 2.05) is 6.07 Å². The first kappa shape index (κ1) is 11.2. The molecule has 0 saturated carbocycles. The van der Waals surface area contributed by atoms with E-state index in [-0.39, 0.29) is 5.97 Å². The molecule has 4 heteroatoms. The standard InChI is InChI=1S/C10H11BrO3/c1-13-6-7-5-8(11)3-4-9(7)10(12)14-2/h3-5H,6H2,1-2H3. The van der Waals surface area contributed by atoms with Gasteiger partial charge in [0.2, 0.25) is 0 Å². The second kappa shape index (κ2) is 5.12. The van der Waals surface area contributed by atoms with Gasteiger partial charge in [0.05, 0.1) is 19.3 Å². The maximum Gasteiger partial charge on any atom is 0.338 e. The second-order valence-corrected chi connectivity index (χ2v) is 3.64. The van der Waals surface area contributed by atoms with Gasteiger partial charge in [-0.3, -0.25) is 0 Å². The SMILES string of the molecule is COCc1cc(Br)ccc1C(=O)OC. The Kier molecular flexibility index (Phi) is 4.10. The highest BCUT2D eigenvalue weighted by Crippen LogP contribution is 2.18. The Morgan fingerprint density at radius 2 is 2.14 bits per heavy atom. The lowest BCUT2D eigenvalue weighted by atomic mass is 10.1. The summed E-state index contributed by atoms with van der Waals surface area (Å²) in [5, 5.41) is 0. The Morgan fingerprint density at radius 1 is 1.43 bits per heavy atom. The molecule has 0 radical (unpaired) electrons. The normalized spacial score (nSPS) is 9.93. The average Bonchev–Trinajstić information content (AvgIpc) is 2.17. The highest BCUT2D eigenvalue weighted by Gasteiger charge is 2.11. The van der Waals surface area contributed by atoms with Crippen molar-refractivity contribution in [2.75, 3.05) is 14.2 Å². The summed E-state index contributed by atoms with van der Waals surface area (Å²) in [6, 6.07) is 5.35. The third kappa shape index (κ3) is 2.56. The minimum atomic E-state index is -0.343. The van der Waals surface area contributed by atoms with Gasteiger partial charge in [-0.2, -0.15) is 0 Å². The Bertz CT molecular complexity index is 336. The van der Waals surface area contributed by atoms with E-state index in [0.717, 1.165) is 10.0 Å². The van der Waals surface area contributed by atoms with Crippen molar-refractivity contribution in [1.29, 1.82) is 0 Å². The lowest BCUT2D eigenvalue weighted by Gasteiger charge is -2.07. The Hall–Kier alpha value is -0.870. The molecule has 0 heterocycles. The molecule has 14 heavy (non-hydrogen) atoms. The summed E-state index contributed by atoms with van der Waals surface area (Å²) in [6.45, 7) is 0.393. The minimum Gasteiger partial charge on any atom is -0.465 e. The van der Waals surface area contributed by atoms with Crippen LogP contribution in [-0.2, 0) is 16.1 Å². The van der Waals surface area contributed by atoms with E-state index in [4.69, 9.17) is 4.74 Å². The molecular formula is C10H11BrO3. The number of carbonyl (C=O) groups excluding carboxylic acids is 1. The predicted molar refractivity (Wildman–Crippen MR) is 56.2 cm³/mol. The zero-order valence-electron chi connectivity index (χ0n) is 8.04. The lowest BCUT2D eigenvalue weighted by Crippen LogP contribution is -2.06. The number of rotatable bonds is 3. The van der Waals surface area contributed by atoms with Crippen LogP contribution in [0, 0.1) is 0 Å². The van der Waals surface area contributed by atoms with Crippen LogP contribution in [0.4, 0.5) is 0 Å². The molecule has 3 nitrogen and oxygen atoms in total. The fourth-order valence-corrected chi connectivity index (χ4v) is 1.55. The summed E-state index contributed by atoms with van der Waals surface area (Å²) >= 11 is 3.33. The minimum absolute atomic E-state index is 0.343. The van der Waals surface area contributed by atoms with Crippen LogP contribution in [0.5, 0.6) is 0 Å². The number of esters is 1. The van der Waals surface area contributed by atoms with Crippen LogP contribution in [0.2, 0.25) is 0 Å². The molecule has 1 aromatic rings. The van der Waals surface area contributed by atoms with Gasteiger partial charge in [-0.15, -0.1) is 0 Å². The van der Waals surface area contributed by atoms with Crippen molar-refractivity contribution in [3.63, 3.8) is 0 Å². The first-order valence-electron chi connectivity index (χ1n) is 4.04. The van der Waals surface area contributed by atoms with Crippen molar-refractivity contribution in [2.45, 2.75) is 6.61 Å². The number of carbonyl (C=O) groups is 1. The van der Waals surface area contributed by atoms with Gasteiger partial charge in [-0.25, -0.2) is 4.79 Å². The van der Waals surface area contributed by atoms with Crippen LogP contribution >= 0.6 is 15.9 Å². The molecule has 0 atom stereocenters. The zero-order valence-corrected chi connectivity index (χ0v) is 9.63. The van der Waals surface area contributed by atoms with Gasteiger partial charge in [-0.05, 0) is 23.8 Å². The number of benzene rings is 1. The van der Waals surface area contributed by atoms with E-state index >= 15 is 0 Å².